The Bertz CT molecular complexity index is 801. The summed E-state index contributed by atoms with van der Waals surface area (Å²) in [6.07, 6.45) is 2.43. The van der Waals surface area contributed by atoms with Crippen molar-refractivity contribution < 1.29 is 9.59 Å². The number of piperidine rings is 1. The second kappa shape index (κ2) is 7.86. The third-order valence-electron chi connectivity index (χ3n) is 4.37. The summed E-state index contributed by atoms with van der Waals surface area (Å²) in [5.74, 6) is -0.397. The van der Waals surface area contributed by atoms with Crippen molar-refractivity contribution in [3.63, 3.8) is 0 Å². The van der Waals surface area contributed by atoms with Crippen molar-refractivity contribution in [1.82, 2.24) is 25.1 Å². The lowest BCUT2D eigenvalue weighted by Crippen LogP contribution is -2.51. The van der Waals surface area contributed by atoms with Crippen molar-refractivity contribution in [2.45, 2.75) is 44.3 Å². The number of aromatic nitrogens is 4. The molecule has 0 radical (unpaired) electrons. The fourth-order valence-electron chi connectivity index (χ4n) is 3.24. The minimum Gasteiger partial charge on any atom is -0.368 e. The van der Waals surface area contributed by atoms with E-state index in [0.29, 0.717) is 18.1 Å². The summed E-state index contributed by atoms with van der Waals surface area (Å²) in [7, 11) is 0. The van der Waals surface area contributed by atoms with Crippen LogP contribution in [0.4, 0.5) is 0 Å². The number of tetrazole rings is 1. The Morgan fingerprint density at radius 1 is 1.23 bits per heavy atom. The standard InChI is InChI=1S/C17H22N6O2S/c1-11-7-12(2)9-13(8-11)23-17(19-20-21-23)26-10-15(24)22-6-4-3-5-14(22)16(18)25/h7-9,14H,3-6,10H2,1-2H3,(H2,18,25)/t14-/m0/s1. The molecule has 138 valence electrons. The summed E-state index contributed by atoms with van der Waals surface area (Å²) < 4.78 is 1.62. The predicted molar refractivity (Wildman–Crippen MR) is 97.9 cm³/mol. The topological polar surface area (TPSA) is 107 Å². The molecule has 0 bridgehead atoms. The zero-order chi connectivity index (χ0) is 18.7. The van der Waals surface area contributed by atoms with Gasteiger partial charge in [0.25, 0.3) is 0 Å². The molecule has 2 aromatic rings. The Labute approximate surface area is 156 Å². The monoisotopic (exact) mass is 374 g/mol. The van der Waals surface area contributed by atoms with Crippen LogP contribution < -0.4 is 5.73 Å². The molecule has 1 saturated heterocycles. The van der Waals surface area contributed by atoms with Gasteiger partial charge in [-0.1, -0.05) is 17.8 Å². The van der Waals surface area contributed by atoms with Gasteiger partial charge in [-0.2, -0.15) is 4.68 Å². The molecule has 1 aliphatic rings. The first-order valence-electron chi connectivity index (χ1n) is 8.54. The van der Waals surface area contributed by atoms with Gasteiger partial charge in [-0.25, -0.2) is 0 Å². The number of rotatable bonds is 5. The van der Waals surface area contributed by atoms with E-state index in [1.807, 2.05) is 26.0 Å². The Hall–Kier alpha value is -2.42. The zero-order valence-corrected chi connectivity index (χ0v) is 15.7. The molecule has 26 heavy (non-hydrogen) atoms. The maximum absolute atomic E-state index is 12.6. The second-order valence-corrected chi connectivity index (χ2v) is 7.45. The number of primary amides is 1. The van der Waals surface area contributed by atoms with E-state index in [2.05, 4.69) is 21.6 Å². The average Bonchev–Trinajstić information content (AvgIpc) is 3.07. The Balaban J connectivity index is 1.71. The Morgan fingerprint density at radius 2 is 1.96 bits per heavy atom. The van der Waals surface area contributed by atoms with E-state index in [9.17, 15) is 9.59 Å². The molecule has 9 heteroatoms. The van der Waals surface area contributed by atoms with Crippen LogP contribution in [0.25, 0.3) is 5.69 Å². The quantitative estimate of drug-likeness (QED) is 0.789. The van der Waals surface area contributed by atoms with E-state index in [-0.39, 0.29) is 11.7 Å². The number of amides is 2. The highest BCUT2D eigenvalue weighted by atomic mass is 32.2. The number of benzene rings is 1. The highest BCUT2D eigenvalue weighted by molar-refractivity contribution is 7.99. The van der Waals surface area contributed by atoms with Gasteiger partial charge in [0.05, 0.1) is 11.4 Å². The zero-order valence-electron chi connectivity index (χ0n) is 14.9. The van der Waals surface area contributed by atoms with Gasteiger partial charge in [-0.15, -0.1) is 5.10 Å². The summed E-state index contributed by atoms with van der Waals surface area (Å²) in [5.41, 5.74) is 8.52. The van der Waals surface area contributed by atoms with Gasteiger partial charge in [0.1, 0.15) is 6.04 Å². The van der Waals surface area contributed by atoms with Gasteiger partial charge in [-0.3, -0.25) is 9.59 Å². The van der Waals surface area contributed by atoms with E-state index >= 15 is 0 Å². The van der Waals surface area contributed by atoms with Gasteiger partial charge in [0.2, 0.25) is 17.0 Å². The van der Waals surface area contributed by atoms with Crippen molar-refractivity contribution in [3.8, 4) is 5.69 Å². The van der Waals surface area contributed by atoms with Crippen LogP contribution in [0.1, 0.15) is 30.4 Å². The molecule has 8 nitrogen and oxygen atoms in total. The summed E-state index contributed by atoms with van der Waals surface area (Å²) in [5, 5.41) is 12.3. The van der Waals surface area contributed by atoms with Gasteiger partial charge in [0.15, 0.2) is 0 Å². The van der Waals surface area contributed by atoms with E-state index in [4.69, 9.17) is 5.73 Å². The van der Waals surface area contributed by atoms with Crippen LogP contribution >= 0.6 is 11.8 Å². The minimum absolute atomic E-state index is 0.117. The highest BCUT2D eigenvalue weighted by Crippen LogP contribution is 2.23. The van der Waals surface area contributed by atoms with E-state index in [1.165, 1.54) is 11.8 Å². The first-order chi connectivity index (χ1) is 12.5. The van der Waals surface area contributed by atoms with Crippen molar-refractivity contribution in [3.05, 3.63) is 29.3 Å². The summed E-state index contributed by atoms with van der Waals surface area (Å²) in [6.45, 7) is 4.59. The Morgan fingerprint density at radius 3 is 2.65 bits per heavy atom. The molecule has 0 unspecified atom stereocenters. The van der Waals surface area contributed by atoms with Gasteiger partial charge < -0.3 is 10.6 Å². The molecular formula is C17H22N6O2S. The molecule has 0 aliphatic carbocycles. The van der Waals surface area contributed by atoms with Gasteiger partial charge >= 0.3 is 0 Å². The lowest BCUT2D eigenvalue weighted by atomic mass is 10.0. The molecule has 1 aliphatic heterocycles. The number of hydrogen-bond donors (Lipinski definition) is 1. The van der Waals surface area contributed by atoms with Crippen LogP contribution in [0.15, 0.2) is 23.4 Å². The minimum atomic E-state index is -0.507. The number of thioether (sulfide) groups is 1. The van der Waals surface area contributed by atoms with Crippen LogP contribution in [-0.4, -0.2) is 55.3 Å². The van der Waals surface area contributed by atoms with Crippen molar-refractivity contribution in [2.75, 3.05) is 12.3 Å². The van der Waals surface area contributed by atoms with Crippen LogP contribution in [0, 0.1) is 13.8 Å². The summed E-state index contributed by atoms with van der Waals surface area (Å²) in [4.78, 5) is 25.8. The van der Waals surface area contributed by atoms with Crippen molar-refractivity contribution >= 4 is 23.6 Å². The molecule has 1 aromatic heterocycles. The van der Waals surface area contributed by atoms with Crippen LogP contribution in [-0.2, 0) is 9.59 Å². The maximum Gasteiger partial charge on any atom is 0.240 e. The molecule has 1 aromatic carbocycles. The van der Waals surface area contributed by atoms with Crippen LogP contribution in [0.5, 0.6) is 0 Å². The lowest BCUT2D eigenvalue weighted by Gasteiger charge is -2.33. The number of hydrogen-bond acceptors (Lipinski definition) is 6. The largest absolute Gasteiger partial charge is 0.368 e. The smallest absolute Gasteiger partial charge is 0.240 e. The van der Waals surface area contributed by atoms with E-state index in [1.54, 1.807) is 9.58 Å². The molecule has 3 rings (SSSR count). The molecule has 2 heterocycles. The van der Waals surface area contributed by atoms with Crippen molar-refractivity contribution in [1.29, 1.82) is 0 Å². The van der Waals surface area contributed by atoms with E-state index in [0.717, 1.165) is 29.7 Å². The first kappa shape index (κ1) is 18.4. The van der Waals surface area contributed by atoms with E-state index < -0.39 is 11.9 Å². The number of likely N-dealkylation sites (tertiary alicyclic amines) is 1. The van der Waals surface area contributed by atoms with Crippen molar-refractivity contribution in [2.24, 2.45) is 5.73 Å². The molecule has 0 saturated carbocycles. The number of nitrogens with zero attached hydrogens (tertiary/aromatic N) is 5. The summed E-state index contributed by atoms with van der Waals surface area (Å²) >= 11 is 1.26. The third-order valence-corrected chi connectivity index (χ3v) is 5.27. The maximum atomic E-state index is 12.6. The molecule has 1 atom stereocenters. The molecule has 2 N–H and O–H groups in total. The number of carbonyl (C=O) groups is 2. The third kappa shape index (κ3) is 4.04. The summed E-state index contributed by atoms with van der Waals surface area (Å²) in [6, 6.07) is 5.54. The van der Waals surface area contributed by atoms with Crippen LogP contribution in [0.2, 0.25) is 0 Å². The van der Waals surface area contributed by atoms with Gasteiger partial charge in [0, 0.05) is 6.54 Å². The SMILES string of the molecule is Cc1cc(C)cc(-n2nnnc2SCC(=O)N2CCCC[C@H]2C(N)=O)c1. The van der Waals surface area contributed by atoms with Gasteiger partial charge in [-0.05, 0) is 66.8 Å². The highest BCUT2D eigenvalue weighted by Gasteiger charge is 2.30. The molecule has 2 amide bonds. The molecule has 1 fully saturated rings. The fourth-order valence-corrected chi connectivity index (χ4v) is 4.02. The molecular weight excluding hydrogens is 352 g/mol. The lowest BCUT2D eigenvalue weighted by molar-refractivity contribution is -0.138. The normalized spacial score (nSPS) is 17.3. The van der Waals surface area contributed by atoms with Crippen LogP contribution in [0.3, 0.4) is 0 Å². The predicted octanol–water partition coefficient (Wildman–Crippen LogP) is 1.24. The number of nitrogens with two attached hydrogens (primary N) is 1. The second-order valence-electron chi connectivity index (χ2n) is 6.51. The average molecular weight is 374 g/mol. The fraction of sp³-hybridized carbons (Fsp3) is 0.471. The Kier molecular flexibility index (Phi) is 5.55. The molecule has 0 spiro atoms. The number of carbonyl (C=O) groups excluding carboxylic acids is 2. The number of aryl methyl sites for hydroxylation is 2. The first-order valence-corrected chi connectivity index (χ1v) is 9.53.